The highest BCUT2D eigenvalue weighted by molar-refractivity contribution is 7.99. The Morgan fingerprint density at radius 1 is 1.36 bits per heavy atom. The van der Waals surface area contributed by atoms with Crippen LogP contribution in [0.25, 0.3) is 0 Å². The Morgan fingerprint density at radius 3 is 2.64 bits per heavy atom. The number of carbonyl (C=O) groups is 1. The molecule has 4 nitrogen and oxygen atoms in total. The lowest BCUT2D eigenvalue weighted by molar-refractivity contribution is 0.203. The monoisotopic (exact) mass is 340 g/mol. The fourth-order valence-corrected chi connectivity index (χ4v) is 4.23. The topological polar surface area (TPSA) is 49.4 Å². The second-order valence-electron chi connectivity index (χ2n) is 5.72. The molecule has 0 heterocycles. The van der Waals surface area contributed by atoms with E-state index in [1.165, 1.54) is 12.8 Å². The Balaban J connectivity index is 1.89. The van der Waals surface area contributed by atoms with E-state index in [-0.39, 0.29) is 12.1 Å². The number of hydrogen-bond donors (Lipinski definition) is 1. The maximum Gasteiger partial charge on any atom is 0.317 e. The van der Waals surface area contributed by atoms with Crippen molar-refractivity contribution in [2.24, 2.45) is 0 Å². The number of thioether (sulfide) groups is 1. The summed E-state index contributed by atoms with van der Waals surface area (Å²) in [7, 11) is 0.847. The van der Waals surface area contributed by atoms with Crippen LogP contribution >= 0.6 is 11.8 Å². The average Bonchev–Trinajstić information content (AvgIpc) is 2.94. The van der Waals surface area contributed by atoms with E-state index >= 15 is 0 Å². The Hall–Kier alpha value is -1.01. The largest absolute Gasteiger partial charge is 0.334 e. The van der Waals surface area contributed by atoms with E-state index in [0.717, 1.165) is 16.9 Å². The Morgan fingerprint density at radius 2 is 2.05 bits per heavy atom. The summed E-state index contributed by atoms with van der Waals surface area (Å²) in [4.78, 5) is 14.8. The van der Waals surface area contributed by atoms with Crippen LogP contribution in [0.3, 0.4) is 0 Å². The Bertz CT molecular complexity index is 533. The lowest BCUT2D eigenvalue weighted by Crippen LogP contribution is -2.45. The van der Waals surface area contributed by atoms with Crippen LogP contribution in [0.4, 0.5) is 4.79 Å². The number of amides is 2. The molecule has 0 bridgehead atoms. The van der Waals surface area contributed by atoms with Crippen LogP contribution in [0.2, 0.25) is 0 Å². The van der Waals surface area contributed by atoms with Gasteiger partial charge in [0.05, 0.1) is 0 Å². The molecule has 3 atom stereocenters. The number of carbonyl (C=O) groups excluding carboxylic acids is 1. The normalized spacial score (nSPS) is 22.3. The predicted octanol–water partition coefficient (Wildman–Crippen LogP) is 2.85. The van der Waals surface area contributed by atoms with Gasteiger partial charge in [0, 0.05) is 46.8 Å². The Labute approximate surface area is 139 Å². The minimum atomic E-state index is -0.962. The van der Waals surface area contributed by atoms with Gasteiger partial charge in [-0.05, 0) is 36.8 Å². The molecular weight excluding hydrogens is 316 g/mol. The van der Waals surface area contributed by atoms with Crippen LogP contribution in [0.1, 0.15) is 24.8 Å². The first-order valence-electron chi connectivity index (χ1n) is 7.48. The fraction of sp³-hybridized carbons (Fsp3) is 0.562. The van der Waals surface area contributed by atoms with Crippen molar-refractivity contribution in [2.45, 2.75) is 42.0 Å². The minimum absolute atomic E-state index is 0.0194. The summed E-state index contributed by atoms with van der Waals surface area (Å²) in [6, 6.07) is 7.85. The summed E-state index contributed by atoms with van der Waals surface area (Å²) < 4.78 is 11.4. The maximum absolute atomic E-state index is 12.3. The number of nitrogens with zero attached hydrogens (tertiary/aromatic N) is 1. The van der Waals surface area contributed by atoms with Crippen LogP contribution in [0.15, 0.2) is 29.2 Å². The van der Waals surface area contributed by atoms with Crippen molar-refractivity contribution in [3.8, 4) is 0 Å². The number of urea groups is 1. The van der Waals surface area contributed by atoms with Crippen LogP contribution in [0, 0.1) is 0 Å². The van der Waals surface area contributed by atoms with Crippen molar-refractivity contribution in [1.29, 1.82) is 0 Å². The standard InChI is InChI=1S/C16H24N2O2S2/c1-18(11-12-7-9-13(10-8-12)22(3)20)16(19)17-14-5-4-6-15(14)21-2/h7-10,14-15H,4-6,11H2,1-3H3,(H,17,19). The molecule has 2 rings (SSSR count). The van der Waals surface area contributed by atoms with E-state index in [0.29, 0.717) is 11.8 Å². The first-order valence-corrected chi connectivity index (χ1v) is 10.3. The van der Waals surface area contributed by atoms with E-state index in [9.17, 15) is 9.00 Å². The fourth-order valence-electron chi connectivity index (χ4n) is 2.77. The number of benzene rings is 1. The molecule has 22 heavy (non-hydrogen) atoms. The summed E-state index contributed by atoms with van der Waals surface area (Å²) in [6.07, 6.45) is 7.22. The molecule has 6 heteroatoms. The van der Waals surface area contributed by atoms with Gasteiger partial charge in [0.25, 0.3) is 0 Å². The van der Waals surface area contributed by atoms with Crippen LogP contribution in [-0.2, 0) is 17.3 Å². The van der Waals surface area contributed by atoms with Crippen LogP contribution in [-0.4, -0.2) is 46.0 Å². The molecule has 1 aliphatic rings. The van der Waals surface area contributed by atoms with E-state index in [4.69, 9.17) is 0 Å². The van der Waals surface area contributed by atoms with Gasteiger partial charge in [0.2, 0.25) is 0 Å². The molecule has 0 spiro atoms. The molecule has 1 N–H and O–H groups in total. The molecule has 122 valence electrons. The van der Waals surface area contributed by atoms with Crippen molar-refractivity contribution >= 4 is 28.6 Å². The van der Waals surface area contributed by atoms with Gasteiger partial charge in [-0.2, -0.15) is 11.8 Å². The van der Waals surface area contributed by atoms with Gasteiger partial charge in [-0.25, -0.2) is 4.79 Å². The second kappa shape index (κ2) is 8.02. The van der Waals surface area contributed by atoms with Crippen LogP contribution < -0.4 is 5.32 Å². The molecule has 1 aliphatic carbocycles. The van der Waals surface area contributed by atoms with Gasteiger partial charge in [-0.1, -0.05) is 18.6 Å². The molecule has 0 aliphatic heterocycles. The van der Waals surface area contributed by atoms with E-state index in [1.807, 2.05) is 43.1 Å². The van der Waals surface area contributed by atoms with Gasteiger partial charge >= 0.3 is 6.03 Å². The van der Waals surface area contributed by atoms with Gasteiger partial charge in [-0.15, -0.1) is 0 Å². The smallest absolute Gasteiger partial charge is 0.317 e. The predicted molar refractivity (Wildman–Crippen MR) is 93.7 cm³/mol. The average molecular weight is 341 g/mol. The molecule has 1 saturated carbocycles. The van der Waals surface area contributed by atoms with Crippen molar-refractivity contribution in [2.75, 3.05) is 19.6 Å². The SMILES string of the molecule is CSC1CCCC1NC(=O)N(C)Cc1ccc(S(C)=O)cc1. The highest BCUT2D eigenvalue weighted by Crippen LogP contribution is 2.28. The van der Waals surface area contributed by atoms with E-state index in [1.54, 1.807) is 11.2 Å². The quantitative estimate of drug-likeness (QED) is 0.897. The highest BCUT2D eigenvalue weighted by atomic mass is 32.2. The van der Waals surface area contributed by atoms with Gasteiger partial charge in [0.1, 0.15) is 0 Å². The molecule has 3 unspecified atom stereocenters. The van der Waals surface area contributed by atoms with Crippen LogP contribution in [0.5, 0.6) is 0 Å². The van der Waals surface area contributed by atoms with Gasteiger partial charge in [0.15, 0.2) is 0 Å². The lowest BCUT2D eigenvalue weighted by Gasteiger charge is -2.24. The van der Waals surface area contributed by atoms with Crippen molar-refractivity contribution in [3.05, 3.63) is 29.8 Å². The van der Waals surface area contributed by atoms with Crippen molar-refractivity contribution < 1.29 is 9.00 Å². The first-order chi connectivity index (χ1) is 10.5. The second-order valence-corrected chi connectivity index (χ2v) is 8.17. The summed E-state index contributed by atoms with van der Waals surface area (Å²) >= 11 is 1.84. The summed E-state index contributed by atoms with van der Waals surface area (Å²) in [5.41, 5.74) is 1.04. The number of rotatable bonds is 5. The number of hydrogen-bond acceptors (Lipinski definition) is 3. The third-order valence-corrected chi connectivity index (χ3v) is 6.19. The Kier molecular flexibility index (Phi) is 6.32. The minimum Gasteiger partial charge on any atom is -0.334 e. The maximum atomic E-state index is 12.3. The zero-order valence-electron chi connectivity index (χ0n) is 13.4. The molecule has 1 fully saturated rings. The zero-order valence-corrected chi connectivity index (χ0v) is 15.0. The lowest BCUT2D eigenvalue weighted by atomic mass is 10.2. The van der Waals surface area contributed by atoms with Crippen molar-refractivity contribution in [3.63, 3.8) is 0 Å². The number of nitrogens with one attached hydrogen (secondary N) is 1. The molecule has 1 aromatic carbocycles. The summed E-state index contributed by atoms with van der Waals surface area (Å²) in [5, 5.41) is 3.69. The molecule has 0 radical (unpaired) electrons. The van der Waals surface area contributed by atoms with Crippen molar-refractivity contribution in [1.82, 2.24) is 10.2 Å². The van der Waals surface area contributed by atoms with E-state index in [2.05, 4.69) is 11.6 Å². The molecule has 1 aromatic rings. The highest BCUT2D eigenvalue weighted by Gasteiger charge is 2.28. The molecule has 0 aromatic heterocycles. The first kappa shape index (κ1) is 17.3. The summed E-state index contributed by atoms with van der Waals surface area (Å²) in [5.74, 6) is 0. The molecule has 2 amide bonds. The third-order valence-electron chi connectivity index (χ3n) is 4.09. The third kappa shape index (κ3) is 4.49. The zero-order chi connectivity index (χ0) is 16.1. The van der Waals surface area contributed by atoms with E-state index < -0.39 is 10.8 Å². The van der Waals surface area contributed by atoms with Gasteiger partial charge < -0.3 is 10.2 Å². The van der Waals surface area contributed by atoms with Gasteiger partial charge in [-0.3, -0.25) is 4.21 Å². The molecular formula is C16H24N2O2S2. The summed E-state index contributed by atoms with van der Waals surface area (Å²) in [6.45, 7) is 0.555. The molecule has 0 saturated heterocycles.